The molecule has 1 aromatic heterocycles. The summed E-state index contributed by atoms with van der Waals surface area (Å²) in [6.07, 6.45) is 6.34. The van der Waals surface area contributed by atoms with Gasteiger partial charge in [0, 0.05) is 24.0 Å². The number of nitrogens with two attached hydrogens (primary N) is 1. The molecule has 1 saturated carbocycles. The summed E-state index contributed by atoms with van der Waals surface area (Å²) in [5.74, 6) is 0. The van der Waals surface area contributed by atoms with Crippen LogP contribution in [-0.2, 0) is 0 Å². The third-order valence-electron chi connectivity index (χ3n) is 3.95. The summed E-state index contributed by atoms with van der Waals surface area (Å²) < 4.78 is 0.807. The Morgan fingerprint density at radius 2 is 2.11 bits per heavy atom. The Hall–Kier alpha value is -0.130. The van der Waals surface area contributed by atoms with Gasteiger partial charge in [0.15, 0.2) is 0 Å². The van der Waals surface area contributed by atoms with Crippen LogP contribution in [0.5, 0.6) is 0 Å². The Kier molecular flexibility index (Phi) is 6.10. The lowest BCUT2D eigenvalue weighted by atomic mass is 9.93. The molecular formula is C14H23ClN2OS. The second-order valence-electron chi connectivity index (χ2n) is 5.15. The van der Waals surface area contributed by atoms with Crippen LogP contribution in [0.3, 0.4) is 0 Å². The SMILES string of the molecule is NCC(c1ccc(Cl)s1)N(CCO)C1CCCCC1. The topological polar surface area (TPSA) is 49.5 Å². The molecule has 1 atom stereocenters. The minimum absolute atomic E-state index is 0.187. The van der Waals surface area contributed by atoms with E-state index in [0.29, 0.717) is 19.1 Å². The molecule has 3 nitrogen and oxygen atoms in total. The number of hydrogen-bond acceptors (Lipinski definition) is 4. The molecule has 1 unspecified atom stereocenters. The highest BCUT2D eigenvalue weighted by molar-refractivity contribution is 7.16. The molecule has 108 valence electrons. The van der Waals surface area contributed by atoms with Crippen molar-refractivity contribution in [3.63, 3.8) is 0 Å². The van der Waals surface area contributed by atoms with Crippen LogP contribution in [0.4, 0.5) is 0 Å². The summed E-state index contributed by atoms with van der Waals surface area (Å²) in [5.41, 5.74) is 5.99. The molecule has 2 rings (SSSR count). The summed E-state index contributed by atoms with van der Waals surface area (Å²) in [6.45, 7) is 1.46. The third-order valence-corrected chi connectivity index (χ3v) is 5.28. The summed E-state index contributed by atoms with van der Waals surface area (Å²) >= 11 is 7.64. The van der Waals surface area contributed by atoms with E-state index >= 15 is 0 Å². The highest BCUT2D eigenvalue weighted by Crippen LogP contribution is 2.34. The van der Waals surface area contributed by atoms with Crippen LogP contribution in [-0.4, -0.2) is 35.7 Å². The van der Waals surface area contributed by atoms with E-state index in [1.165, 1.54) is 37.0 Å². The molecule has 0 radical (unpaired) electrons. The van der Waals surface area contributed by atoms with Crippen molar-refractivity contribution in [1.29, 1.82) is 0 Å². The minimum atomic E-state index is 0.187. The van der Waals surface area contributed by atoms with Gasteiger partial charge >= 0.3 is 0 Å². The van der Waals surface area contributed by atoms with E-state index < -0.39 is 0 Å². The Bertz CT molecular complexity index is 379. The van der Waals surface area contributed by atoms with Gasteiger partial charge in [-0.1, -0.05) is 30.9 Å². The van der Waals surface area contributed by atoms with Crippen molar-refractivity contribution in [2.75, 3.05) is 19.7 Å². The molecule has 1 heterocycles. The smallest absolute Gasteiger partial charge is 0.0931 e. The monoisotopic (exact) mass is 302 g/mol. The molecule has 0 aromatic carbocycles. The van der Waals surface area contributed by atoms with Crippen LogP contribution < -0.4 is 5.73 Å². The molecule has 1 aliphatic rings. The van der Waals surface area contributed by atoms with Crippen molar-refractivity contribution in [1.82, 2.24) is 4.90 Å². The molecule has 0 bridgehead atoms. The molecule has 0 spiro atoms. The van der Waals surface area contributed by atoms with Crippen molar-refractivity contribution in [3.8, 4) is 0 Å². The third kappa shape index (κ3) is 3.92. The number of aliphatic hydroxyl groups is 1. The standard InChI is InChI=1S/C14H23ClN2OS/c15-14-7-6-13(19-14)12(10-16)17(8-9-18)11-4-2-1-3-5-11/h6-7,11-12,18H,1-5,8-10,16H2. The molecule has 19 heavy (non-hydrogen) atoms. The van der Waals surface area contributed by atoms with Crippen molar-refractivity contribution in [2.24, 2.45) is 5.73 Å². The number of rotatable bonds is 6. The lowest BCUT2D eigenvalue weighted by Gasteiger charge is -2.39. The Morgan fingerprint density at radius 3 is 2.63 bits per heavy atom. The van der Waals surface area contributed by atoms with Crippen LogP contribution in [0.2, 0.25) is 4.34 Å². The predicted octanol–water partition coefficient (Wildman–Crippen LogP) is 3.03. The number of aliphatic hydroxyl groups excluding tert-OH is 1. The van der Waals surface area contributed by atoms with Gasteiger partial charge in [-0.2, -0.15) is 0 Å². The molecule has 0 amide bonds. The second-order valence-corrected chi connectivity index (χ2v) is 6.89. The maximum atomic E-state index is 9.36. The van der Waals surface area contributed by atoms with Crippen molar-refractivity contribution >= 4 is 22.9 Å². The maximum absolute atomic E-state index is 9.36. The number of halogens is 1. The first-order valence-corrected chi connectivity index (χ1v) is 8.27. The van der Waals surface area contributed by atoms with Crippen molar-refractivity contribution in [3.05, 3.63) is 21.3 Å². The van der Waals surface area contributed by atoms with Gasteiger partial charge in [0.2, 0.25) is 0 Å². The molecule has 1 aromatic rings. The van der Waals surface area contributed by atoms with Gasteiger partial charge in [-0.15, -0.1) is 11.3 Å². The number of nitrogens with zero attached hydrogens (tertiary/aromatic N) is 1. The van der Waals surface area contributed by atoms with E-state index in [2.05, 4.69) is 11.0 Å². The second kappa shape index (κ2) is 7.60. The molecule has 0 saturated heterocycles. The molecule has 5 heteroatoms. The largest absolute Gasteiger partial charge is 0.395 e. The summed E-state index contributed by atoms with van der Waals surface area (Å²) in [6, 6.07) is 4.74. The van der Waals surface area contributed by atoms with E-state index in [-0.39, 0.29) is 12.6 Å². The Labute approximate surface area is 124 Å². The van der Waals surface area contributed by atoms with Crippen LogP contribution >= 0.6 is 22.9 Å². The molecule has 1 fully saturated rings. The minimum Gasteiger partial charge on any atom is -0.395 e. The van der Waals surface area contributed by atoms with Crippen LogP contribution in [0.25, 0.3) is 0 Å². The van der Waals surface area contributed by atoms with Crippen LogP contribution in [0.1, 0.15) is 43.0 Å². The van der Waals surface area contributed by atoms with Crippen LogP contribution in [0, 0.1) is 0 Å². The fourth-order valence-electron chi connectivity index (χ4n) is 3.04. The first-order chi connectivity index (χ1) is 9.26. The first-order valence-electron chi connectivity index (χ1n) is 7.08. The number of thiophene rings is 1. The first kappa shape index (κ1) is 15.3. The van der Waals surface area contributed by atoms with Crippen LogP contribution in [0.15, 0.2) is 12.1 Å². The zero-order chi connectivity index (χ0) is 13.7. The van der Waals surface area contributed by atoms with Gasteiger partial charge in [-0.3, -0.25) is 4.90 Å². The normalized spacial score (nSPS) is 18.9. The van der Waals surface area contributed by atoms with Crippen molar-refractivity contribution < 1.29 is 5.11 Å². The summed E-state index contributed by atoms with van der Waals surface area (Å²) in [4.78, 5) is 3.60. The fourth-order valence-corrected chi connectivity index (χ4v) is 4.24. The van der Waals surface area contributed by atoms with E-state index in [0.717, 1.165) is 4.34 Å². The Morgan fingerprint density at radius 1 is 1.37 bits per heavy atom. The van der Waals surface area contributed by atoms with Gasteiger partial charge < -0.3 is 10.8 Å². The highest BCUT2D eigenvalue weighted by atomic mass is 35.5. The molecule has 0 aliphatic heterocycles. The average molecular weight is 303 g/mol. The van der Waals surface area contributed by atoms with Gasteiger partial charge in [0.25, 0.3) is 0 Å². The van der Waals surface area contributed by atoms with E-state index in [4.69, 9.17) is 17.3 Å². The number of hydrogen-bond donors (Lipinski definition) is 2. The molecule has 3 N–H and O–H groups in total. The van der Waals surface area contributed by atoms with Crippen molar-refractivity contribution in [2.45, 2.75) is 44.2 Å². The van der Waals surface area contributed by atoms with Gasteiger partial charge in [-0.25, -0.2) is 0 Å². The lowest BCUT2D eigenvalue weighted by molar-refractivity contribution is 0.0844. The molecule has 1 aliphatic carbocycles. The van der Waals surface area contributed by atoms with Gasteiger partial charge in [0.05, 0.1) is 17.0 Å². The Balaban J connectivity index is 2.14. The van der Waals surface area contributed by atoms with E-state index in [9.17, 15) is 5.11 Å². The van der Waals surface area contributed by atoms with E-state index in [1.807, 2.05) is 6.07 Å². The quantitative estimate of drug-likeness (QED) is 0.849. The van der Waals surface area contributed by atoms with Gasteiger partial charge in [-0.05, 0) is 25.0 Å². The fraction of sp³-hybridized carbons (Fsp3) is 0.714. The maximum Gasteiger partial charge on any atom is 0.0931 e. The predicted molar refractivity (Wildman–Crippen MR) is 81.8 cm³/mol. The zero-order valence-electron chi connectivity index (χ0n) is 11.2. The summed E-state index contributed by atoms with van der Waals surface area (Å²) in [5, 5.41) is 9.36. The summed E-state index contributed by atoms with van der Waals surface area (Å²) in [7, 11) is 0. The molecular weight excluding hydrogens is 280 g/mol. The average Bonchev–Trinajstić information content (AvgIpc) is 2.86. The van der Waals surface area contributed by atoms with E-state index in [1.54, 1.807) is 11.3 Å². The lowest BCUT2D eigenvalue weighted by Crippen LogP contribution is -2.43. The van der Waals surface area contributed by atoms with Gasteiger partial charge in [0.1, 0.15) is 0 Å². The zero-order valence-corrected chi connectivity index (χ0v) is 12.8. The highest BCUT2D eigenvalue weighted by Gasteiger charge is 2.28.